The number of ether oxygens (including phenoxy) is 2. The maximum Gasteiger partial charge on any atom is 0.244 e. The zero-order chi connectivity index (χ0) is 15.8. The van der Waals surface area contributed by atoms with E-state index in [-0.39, 0.29) is 5.91 Å². The number of benzene rings is 1. The van der Waals surface area contributed by atoms with E-state index in [0.29, 0.717) is 18.0 Å². The van der Waals surface area contributed by atoms with Gasteiger partial charge in [-0.05, 0) is 36.4 Å². The summed E-state index contributed by atoms with van der Waals surface area (Å²) in [6.45, 7) is 0.388. The van der Waals surface area contributed by atoms with Crippen molar-refractivity contribution < 1.29 is 14.3 Å². The van der Waals surface area contributed by atoms with Crippen LogP contribution in [0.5, 0.6) is 11.5 Å². The number of hydrogen-bond donors (Lipinski definition) is 1. The SMILES string of the molecule is COc1ccc(OC)c(/C=C/C(=O)NCc2ccccn2)c1. The standard InChI is InChI=1S/C17H18N2O3/c1-21-15-7-8-16(22-2)13(11-15)6-9-17(20)19-12-14-5-3-4-10-18-14/h3-11H,12H2,1-2H3,(H,19,20)/b9-6+. The van der Waals surface area contributed by atoms with E-state index in [1.807, 2.05) is 18.2 Å². The number of aromatic nitrogens is 1. The largest absolute Gasteiger partial charge is 0.497 e. The molecule has 1 amide bonds. The highest BCUT2D eigenvalue weighted by Crippen LogP contribution is 2.24. The van der Waals surface area contributed by atoms with Crippen molar-refractivity contribution in [2.75, 3.05) is 14.2 Å². The molecule has 2 rings (SSSR count). The van der Waals surface area contributed by atoms with Crippen LogP contribution in [0.25, 0.3) is 6.08 Å². The van der Waals surface area contributed by atoms with E-state index in [9.17, 15) is 4.79 Å². The molecule has 114 valence electrons. The smallest absolute Gasteiger partial charge is 0.244 e. The highest BCUT2D eigenvalue weighted by Gasteiger charge is 2.03. The molecule has 0 aliphatic rings. The molecule has 0 aliphatic heterocycles. The van der Waals surface area contributed by atoms with Gasteiger partial charge < -0.3 is 14.8 Å². The molecule has 2 aromatic rings. The first-order valence-corrected chi connectivity index (χ1v) is 6.81. The Morgan fingerprint density at radius 1 is 1.23 bits per heavy atom. The third kappa shape index (κ3) is 4.34. The van der Waals surface area contributed by atoms with Gasteiger partial charge in [0.2, 0.25) is 5.91 Å². The molecule has 0 aliphatic carbocycles. The summed E-state index contributed by atoms with van der Waals surface area (Å²) in [5.74, 6) is 1.18. The van der Waals surface area contributed by atoms with Crippen molar-refractivity contribution >= 4 is 12.0 Å². The molecule has 0 saturated heterocycles. The van der Waals surface area contributed by atoms with Crippen molar-refractivity contribution in [2.24, 2.45) is 0 Å². The molecule has 0 radical (unpaired) electrons. The Bertz CT molecular complexity index is 654. The first kappa shape index (κ1) is 15.6. The van der Waals surface area contributed by atoms with Gasteiger partial charge >= 0.3 is 0 Å². The molecule has 1 N–H and O–H groups in total. The number of hydrogen-bond acceptors (Lipinski definition) is 4. The van der Waals surface area contributed by atoms with Gasteiger partial charge in [0.1, 0.15) is 11.5 Å². The van der Waals surface area contributed by atoms with Crippen LogP contribution in [-0.4, -0.2) is 25.1 Å². The summed E-state index contributed by atoms with van der Waals surface area (Å²) in [5, 5.41) is 2.77. The monoisotopic (exact) mass is 298 g/mol. The van der Waals surface area contributed by atoms with Gasteiger partial charge in [-0.3, -0.25) is 9.78 Å². The van der Waals surface area contributed by atoms with Crippen LogP contribution in [0.4, 0.5) is 0 Å². The highest BCUT2D eigenvalue weighted by atomic mass is 16.5. The van der Waals surface area contributed by atoms with Crippen LogP contribution in [-0.2, 0) is 11.3 Å². The molecule has 5 heteroatoms. The molecule has 0 fully saturated rings. The van der Waals surface area contributed by atoms with Crippen LogP contribution in [0.1, 0.15) is 11.3 Å². The first-order valence-electron chi connectivity index (χ1n) is 6.81. The van der Waals surface area contributed by atoms with Gasteiger partial charge in [-0.15, -0.1) is 0 Å². The molecule has 22 heavy (non-hydrogen) atoms. The Labute approximate surface area is 129 Å². The molecular weight excluding hydrogens is 280 g/mol. The summed E-state index contributed by atoms with van der Waals surface area (Å²) in [5.41, 5.74) is 1.58. The van der Waals surface area contributed by atoms with Crippen LogP contribution in [0.3, 0.4) is 0 Å². The minimum Gasteiger partial charge on any atom is -0.497 e. The number of carbonyl (C=O) groups excluding carboxylic acids is 1. The third-order valence-corrected chi connectivity index (χ3v) is 3.02. The quantitative estimate of drug-likeness (QED) is 0.832. The minimum absolute atomic E-state index is 0.199. The number of nitrogens with zero attached hydrogens (tertiary/aromatic N) is 1. The van der Waals surface area contributed by atoms with Crippen molar-refractivity contribution in [1.82, 2.24) is 10.3 Å². The van der Waals surface area contributed by atoms with Crippen LogP contribution in [0.15, 0.2) is 48.7 Å². The summed E-state index contributed by atoms with van der Waals surface area (Å²) >= 11 is 0. The fourth-order valence-corrected chi connectivity index (χ4v) is 1.87. The summed E-state index contributed by atoms with van der Waals surface area (Å²) < 4.78 is 10.4. The number of rotatable bonds is 6. The van der Waals surface area contributed by atoms with Crippen LogP contribution < -0.4 is 14.8 Å². The Morgan fingerprint density at radius 3 is 2.77 bits per heavy atom. The second-order valence-electron chi connectivity index (χ2n) is 4.48. The fourth-order valence-electron chi connectivity index (χ4n) is 1.87. The molecule has 5 nitrogen and oxygen atoms in total. The predicted molar refractivity (Wildman–Crippen MR) is 84.7 cm³/mol. The zero-order valence-corrected chi connectivity index (χ0v) is 12.6. The summed E-state index contributed by atoms with van der Waals surface area (Å²) in [6, 6.07) is 11.0. The molecule has 1 heterocycles. The van der Waals surface area contributed by atoms with Gasteiger partial charge in [0.05, 0.1) is 26.5 Å². The summed E-state index contributed by atoms with van der Waals surface area (Å²) in [6.07, 6.45) is 4.84. The van der Waals surface area contributed by atoms with Gasteiger partial charge in [0.25, 0.3) is 0 Å². The van der Waals surface area contributed by atoms with E-state index >= 15 is 0 Å². The van der Waals surface area contributed by atoms with Crippen molar-refractivity contribution in [3.8, 4) is 11.5 Å². The van der Waals surface area contributed by atoms with Crippen molar-refractivity contribution in [2.45, 2.75) is 6.54 Å². The lowest BCUT2D eigenvalue weighted by Crippen LogP contribution is -2.20. The van der Waals surface area contributed by atoms with Crippen LogP contribution >= 0.6 is 0 Å². The molecule has 0 saturated carbocycles. The second-order valence-corrected chi connectivity index (χ2v) is 4.48. The van der Waals surface area contributed by atoms with Crippen LogP contribution in [0.2, 0.25) is 0 Å². The maximum atomic E-state index is 11.8. The van der Waals surface area contributed by atoms with E-state index in [4.69, 9.17) is 9.47 Å². The lowest BCUT2D eigenvalue weighted by Gasteiger charge is -2.07. The topological polar surface area (TPSA) is 60.5 Å². The first-order chi connectivity index (χ1) is 10.7. The van der Waals surface area contributed by atoms with Gasteiger partial charge in [0.15, 0.2) is 0 Å². The number of pyridine rings is 1. The number of carbonyl (C=O) groups is 1. The number of methoxy groups -OCH3 is 2. The summed E-state index contributed by atoms with van der Waals surface area (Å²) in [7, 11) is 3.18. The van der Waals surface area contributed by atoms with E-state index in [0.717, 1.165) is 11.3 Å². The van der Waals surface area contributed by atoms with E-state index < -0.39 is 0 Å². The van der Waals surface area contributed by atoms with E-state index in [2.05, 4.69) is 10.3 Å². The van der Waals surface area contributed by atoms with Gasteiger partial charge in [-0.1, -0.05) is 6.07 Å². The molecule has 0 unspecified atom stereocenters. The minimum atomic E-state index is -0.199. The van der Waals surface area contributed by atoms with E-state index in [1.165, 1.54) is 6.08 Å². The average molecular weight is 298 g/mol. The number of amides is 1. The van der Waals surface area contributed by atoms with Crippen molar-refractivity contribution in [3.05, 3.63) is 59.9 Å². The maximum absolute atomic E-state index is 11.8. The zero-order valence-electron chi connectivity index (χ0n) is 12.6. The molecule has 0 bridgehead atoms. The van der Waals surface area contributed by atoms with Crippen LogP contribution in [0, 0.1) is 0 Å². The van der Waals surface area contributed by atoms with Gasteiger partial charge in [0, 0.05) is 17.8 Å². The lowest BCUT2D eigenvalue weighted by atomic mass is 10.1. The Morgan fingerprint density at radius 2 is 2.09 bits per heavy atom. The Hall–Kier alpha value is -2.82. The molecule has 1 aromatic carbocycles. The Kier molecular flexibility index (Phi) is 5.54. The molecule has 0 atom stereocenters. The highest BCUT2D eigenvalue weighted by molar-refractivity contribution is 5.92. The van der Waals surface area contributed by atoms with Crippen molar-refractivity contribution in [3.63, 3.8) is 0 Å². The molecule has 1 aromatic heterocycles. The van der Waals surface area contributed by atoms with E-state index in [1.54, 1.807) is 44.7 Å². The number of nitrogens with one attached hydrogen (secondary N) is 1. The Balaban J connectivity index is 2.00. The van der Waals surface area contributed by atoms with Gasteiger partial charge in [-0.25, -0.2) is 0 Å². The van der Waals surface area contributed by atoms with Crippen molar-refractivity contribution in [1.29, 1.82) is 0 Å². The molecule has 0 spiro atoms. The normalized spacial score (nSPS) is 10.5. The predicted octanol–water partition coefficient (Wildman–Crippen LogP) is 2.43. The fraction of sp³-hybridized carbons (Fsp3) is 0.176. The average Bonchev–Trinajstić information content (AvgIpc) is 2.58. The molecular formula is C17H18N2O3. The third-order valence-electron chi connectivity index (χ3n) is 3.02. The van der Waals surface area contributed by atoms with Gasteiger partial charge in [-0.2, -0.15) is 0 Å². The summed E-state index contributed by atoms with van der Waals surface area (Å²) in [4.78, 5) is 16.0. The second kappa shape index (κ2) is 7.83. The lowest BCUT2D eigenvalue weighted by molar-refractivity contribution is -0.116.